The van der Waals surface area contributed by atoms with Crippen molar-refractivity contribution < 1.29 is 4.42 Å². The van der Waals surface area contributed by atoms with Gasteiger partial charge >= 0.3 is 0 Å². The Morgan fingerprint density at radius 2 is 1.90 bits per heavy atom. The first kappa shape index (κ1) is 18.1. The quantitative estimate of drug-likeness (QED) is 0.378. The highest BCUT2D eigenvalue weighted by Gasteiger charge is 2.21. The molecule has 0 radical (unpaired) electrons. The monoisotopic (exact) mass is 422 g/mol. The summed E-state index contributed by atoms with van der Waals surface area (Å²) in [4.78, 5) is 14.3. The Bertz CT molecular complexity index is 1530. The van der Waals surface area contributed by atoms with Crippen LogP contribution in [0.25, 0.3) is 33.4 Å². The van der Waals surface area contributed by atoms with Crippen molar-refractivity contribution in [1.82, 2.24) is 9.97 Å². The smallest absolute Gasteiger partial charge is 0.231 e. The Morgan fingerprint density at radius 3 is 2.81 bits per heavy atom. The minimum Gasteiger partial charge on any atom is -0.438 e. The van der Waals surface area contributed by atoms with E-state index in [2.05, 4.69) is 17.1 Å². The summed E-state index contributed by atoms with van der Waals surface area (Å²) in [5.41, 5.74) is 5.71. The number of rotatable bonds is 2. The summed E-state index contributed by atoms with van der Waals surface area (Å²) in [6.45, 7) is 0. The number of aromatic nitrogens is 2. The first-order valence-corrected chi connectivity index (χ1v) is 11.2. The lowest BCUT2D eigenvalue weighted by Gasteiger charge is -2.09. The number of nitriles is 1. The van der Waals surface area contributed by atoms with Crippen LogP contribution in [0.15, 0.2) is 64.0 Å². The second kappa shape index (κ2) is 7.22. The van der Waals surface area contributed by atoms with Crippen LogP contribution >= 0.6 is 11.3 Å². The molecule has 5 nitrogen and oxygen atoms in total. The largest absolute Gasteiger partial charge is 0.438 e. The SMILES string of the molecule is N#Cc1c(/N=c2\oc3ccccc3cc2-c2nc3ccccc3[nH]2)sc2c1CCCC2. The molecule has 0 fully saturated rings. The molecule has 6 heteroatoms. The van der Waals surface area contributed by atoms with Crippen molar-refractivity contribution >= 4 is 38.3 Å². The molecule has 0 saturated carbocycles. The van der Waals surface area contributed by atoms with Crippen molar-refractivity contribution in [1.29, 1.82) is 5.26 Å². The summed E-state index contributed by atoms with van der Waals surface area (Å²) < 4.78 is 6.25. The molecule has 31 heavy (non-hydrogen) atoms. The van der Waals surface area contributed by atoms with E-state index < -0.39 is 0 Å². The number of nitrogens with one attached hydrogen (secondary N) is 1. The van der Waals surface area contributed by atoms with Gasteiger partial charge < -0.3 is 9.40 Å². The molecule has 2 aromatic carbocycles. The predicted molar refractivity (Wildman–Crippen MR) is 122 cm³/mol. The second-order valence-corrected chi connectivity index (χ2v) is 8.80. The molecule has 0 spiro atoms. The number of imidazole rings is 1. The van der Waals surface area contributed by atoms with Crippen LogP contribution in [0.1, 0.15) is 28.8 Å². The normalized spacial score (nSPS) is 14.1. The minimum atomic E-state index is 0.466. The third-order valence-corrected chi connectivity index (χ3v) is 6.95. The molecule has 0 amide bonds. The van der Waals surface area contributed by atoms with Crippen LogP contribution in [0.2, 0.25) is 0 Å². The number of aryl methyl sites for hydroxylation is 1. The van der Waals surface area contributed by atoms with E-state index in [0.717, 1.165) is 51.8 Å². The topological polar surface area (TPSA) is 78.0 Å². The van der Waals surface area contributed by atoms with Gasteiger partial charge in [-0.3, -0.25) is 0 Å². The zero-order chi connectivity index (χ0) is 20.8. The summed E-state index contributed by atoms with van der Waals surface area (Å²) in [7, 11) is 0. The summed E-state index contributed by atoms with van der Waals surface area (Å²) in [5, 5.41) is 11.5. The number of H-pyrrole nitrogens is 1. The zero-order valence-corrected chi connectivity index (χ0v) is 17.5. The average molecular weight is 423 g/mol. The fourth-order valence-corrected chi connectivity index (χ4v) is 5.45. The van der Waals surface area contributed by atoms with Gasteiger partial charge in [0.05, 0.1) is 22.2 Å². The third-order valence-electron chi connectivity index (χ3n) is 5.77. The van der Waals surface area contributed by atoms with Crippen LogP contribution in [0.5, 0.6) is 0 Å². The first-order chi connectivity index (χ1) is 15.3. The lowest BCUT2D eigenvalue weighted by atomic mass is 9.96. The van der Waals surface area contributed by atoms with Crippen molar-refractivity contribution in [2.24, 2.45) is 4.99 Å². The van der Waals surface area contributed by atoms with E-state index in [1.807, 2.05) is 48.5 Å². The van der Waals surface area contributed by atoms with Crippen molar-refractivity contribution in [2.75, 3.05) is 0 Å². The minimum absolute atomic E-state index is 0.466. The van der Waals surface area contributed by atoms with Crippen LogP contribution in [-0.4, -0.2) is 9.97 Å². The van der Waals surface area contributed by atoms with Gasteiger partial charge in [0.25, 0.3) is 0 Å². The van der Waals surface area contributed by atoms with Gasteiger partial charge in [0.2, 0.25) is 5.55 Å². The van der Waals surface area contributed by atoms with E-state index in [1.54, 1.807) is 11.3 Å². The summed E-state index contributed by atoms with van der Waals surface area (Å²) in [5.74, 6) is 0.703. The summed E-state index contributed by atoms with van der Waals surface area (Å²) >= 11 is 1.62. The van der Waals surface area contributed by atoms with Gasteiger partial charge in [0.15, 0.2) is 0 Å². The first-order valence-electron chi connectivity index (χ1n) is 10.4. The number of aromatic amines is 1. The molecule has 150 valence electrons. The zero-order valence-electron chi connectivity index (χ0n) is 16.7. The lowest BCUT2D eigenvalue weighted by molar-refractivity contribution is 0.547. The van der Waals surface area contributed by atoms with E-state index in [9.17, 15) is 5.26 Å². The second-order valence-electron chi connectivity index (χ2n) is 7.72. The van der Waals surface area contributed by atoms with Crippen LogP contribution in [-0.2, 0) is 12.8 Å². The number of thiophene rings is 1. The fourth-order valence-electron chi connectivity index (χ4n) is 4.24. The van der Waals surface area contributed by atoms with E-state index >= 15 is 0 Å². The molecule has 6 rings (SSSR count). The van der Waals surface area contributed by atoms with Crippen LogP contribution in [0, 0.1) is 11.3 Å². The summed E-state index contributed by atoms with van der Waals surface area (Å²) in [6, 6.07) is 20.3. The van der Waals surface area contributed by atoms with Crippen molar-refractivity contribution in [3.8, 4) is 17.5 Å². The van der Waals surface area contributed by atoms with Crippen molar-refractivity contribution in [3.63, 3.8) is 0 Å². The maximum Gasteiger partial charge on any atom is 0.231 e. The molecule has 0 aliphatic heterocycles. The van der Waals surface area contributed by atoms with Gasteiger partial charge in [-0.15, -0.1) is 11.3 Å². The molecule has 0 unspecified atom stereocenters. The number of para-hydroxylation sites is 3. The van der Waals surface area contributed by atoms with E-state index in [1.165, 1.54) is 16.9 Å². The molecule has 0 bridgehead atoms. The van der Waals surface area contributed by atoms with Crippen molar-refractivity contribution in [3.05, 3.63) is 76.2 Å². The van der Waals surface area contributed by atoms with Gasteiger partial charge in [-0.2, -0.15) is 5.26 Å². The maximum atomic E-state index is 9.84. The molecular weight excluding hydrogens is 404 g/mol. The Hall–Kier alpha value is -3.69. The molecule has 0 saturated heterocycles. The van der Waals surface area contributed by atoms with Crippen LogP contribution < -0.4 is 5.55 Å². The third kappa shape index (κ3) is 3.06. The van der Waals surface area contributed by atoms with Gasteiger partial charge in [0.1, 0.15) is 22.5 Å². The predicted octanol–water partition coefficient (Wildman–Crippen LogP) is 6.02. The number of nitrogens with zero attached hydrogens (tertiary/aromatic N) is 3. The molecule has 3 heterocycles. The van der Waals surface area contributed by atoms with Gasteiger partial charge in [-0.05, 0) is 55.5 Å². The number of benzene rings is 2. The molecule has 5 aromatic rings. The van der Waals surface area contributed by atoms with Gasteiger partial charge in [-0.25, -0.2) is 9.98 Å². The lowest BCUT2D eigenvalue weighted by Crippen LogP contribution is -2.06. The number of fused-ring (bicyclic) bond motifs is 3. The fraction of sp³-hybridized carbons (Fsp3) is 0.160. The van der Waals surface area contributed by atoms with Crippen LogP contribution in [0.4, 0.5) is 5.00 Å². The number of hydrogen-bond acceptors (Lipinski definition) is 5. The van der Waals surface area contributed by atoms with E-state index in [4.69, 9.17) is 14.4 Å². The molecular formula is C25H18N4OS. The highest BCUT2D eigenvalue weighted by atomic mass is 32.1. The van der Waals surface area contributed by atoms with Gasteiger partial charge in [-0.1, -0.05) is 30.3 Å². The van der Waals surface area contributed by atoms with Crippen molar-refractivity contribution in [2.45, 2.75) is 25.7 Å². The molecule has 0 atom stereocenters. The van der Waals surface area contributed by atoms with E-state index in [-0.39, 0.29) is 0 Å². The van der Waals surface area contributed by atoms with Crippen LogP contribution in [0.3, 0.4) is 0 Å². The standard InChI is InChI=1S/C25H18N4OS/c26-14-18-16-8-2-6-12-22(16)31-25(18)29-24-17(13-15-7-1-5-11-21(15)30-24)23-27-19-9-3-4-10-20(19)28-23/h1,3-5,7,9-11,13H,2,6,8,12H2,(H,27,28)/b29-24-. The molecule has 3 aromatic heterocycles. The summed E-state index contributed by atoms with van der Waals surface area (Å²) in [6.07, 6.45) is 4.27. The Morgan fingerprint density at radius 1 is 1.06 bits per heavy atom. The Balaban J connectivity index is 1.63. The average Bonchev–Trinajstić information content (AvgIpc) is 3.39. The van der Waals surface area contributed by atoms with Gasteiger partial charge in [0, 0.05) is 10.3 Å². The molecule has 1 aliphatic carbocycles. The number of hydrogen-bond donors (Lipinski definition) is 1. The molecule has 1 aliphatic rings. The Labute approximate surface area is 182 Å². The Kier molecular flexibility index (Phi) is 4.22. The highest BCUT2D eigenvalue weighted by Crippen LogP contribution is 2.39. The molecule has 1 N–H and O–H groups in total. The van der Waals surface area contributed by atoms with E-state index in [0.29, 0.717) is 16.9 Å². The maximum absolute atomic E-state index is 9.84. The highest BCUT2D eigenvalue weighted by molar-refractivity contribution is 7.16.